The Morgan fingerprint density at radius 3 is 2.21 bits per heavy atom. The number of anilines is 2. The molecular formula is C41H54N4O9S2. The lowest BCUT2D eigenvalue weighted by molar-refractivity contribution is 0.0491. The van der Waals surface area contributed by atoms with E-state index in [1.165, 1.54) is 7.11 Å². The first kappa shape index (κ1) is 41.4. The first-order valence-corrected chi connectivity index (χ1v) is 20.5. The number of unbranched alkanes of at least 4 members (excludes halogenated alkanes) is 2. The van der Waals surface area contributed by atoms with Crippen LogP contribution in [0.3, 0.4) is 0 Å². The summed E-state index contributed by atoms with van der Waals surface area (Å²) in [6.07, 6.45) is 1.97. The number of hydrogen-bond donors (Lipinski definition) is 3. The van der Waals surface area contributed by atoms with Crippen molar-refractivity contribution in [1.29, 1.82) is 0 Å². The van der Waals surface area contributed by atoms with Gasteiger partial charge in [0.05, 0.1) is 66.1 Å². The minimum atomic E-state index is -1.38. The summed E-state index contributed by atoms with van der Waals surface area (Å²) in [5, 5.41) is 15.0. The maximum absolute atomic E-state index is 13.9. The molecule has 2 aromatic rings. The number of methoxy groups -OCH3 is 2. The summed E-state index contributed by atoms with van der Waals surface area (Å²) >= 11 is 6.30. The molecule has 0 radical (unpaired) electrons. The molecule has 2 fully saturated rings. The van der Waals surface area contributed by atoms with Gasteiger partial charge < -0.3 is 43.9 Å². The number of rotatable bonds is 15. The van der Waals surface area contributed by atoms with Crippen molar-refractivity contribution in [2.75, 3.05) is 63.9 Å². The third-order valence-corrected chi connectivity index (χ3v) is 12.6. The van der Waals surface area contributed by atoms with Crippen molar-refractivity contribution < 1.29 is 43.2 Å². The first-order chi connectivity index (χ1) is 26.7. The summed E-state index contributed by atoms with van der Waals surface area (Å²) in [5.74, 6) is 1.31. The lowest BCUT2D eigenvalue weighted by Crippen LogP contribution is -2.51. The predicted molar refractivity (Wildman–Crippen MR) is 221 cm³/mol. The van der Waals surface area contributed by atoms with Crippen molar-refractivity contribution >= 4 is 53.7 Å². The third-order valence-electron chi connectivity index (χ3n) is 10.7. The normalized spacial score (nSPS) is 21.8. The predicted octanol–water partition coefficient (Wildman–Crippen LogP) is 6.75. The van der Waals surface area contributed by atoms with Crippen LogP contribution < -0.4 is 29.2 Å². The molecule has 2 aromatic carbocycles. The zero-order valence-corrected chi connectivity index (χ0v) is 34.6. The molecule has 2 saturated heterocycles. The number of nitrogens with zero attached hydrogens (tertiary/aromatic N) is 3. The molecular weight excluding hydrogens is 757 g/mol. The van der Waals surface area contributed by atoms with E-state index in [-0.39, 0.29) is 51.6 Å². The number of thiol groups is 1. The first-order valence-electron chi connectivity index (χ1n) is 19.2. The van der Waals surface area contributed by atoms with E-state index < -0.39 is 18.4 Å². The van der Waals surface area contributed by atoms with Crippen LogP contribution in [0, 0.1) is 0 Å². The van der Waals surface area contributed by atoms with E-state index in [0.29, 0.717) is 67.7 Å². The molecule has 6 rings (SSSR count). The average Bonchev–Trinajstić information content (AvgIpc) is 3.71. The summed E-state index contributed by atoms with van der Waals surface area (Å²) in [4.78, 5) is 45.6. The van der Waals surface area contributed by atoms with E-state index >= 15 is 0 Å². The smallest absolute Gasteiger partial charge is 0.416 e. The molecule has 13 nitrogen and oxygen atoms in total. The molecule has 5 atom stereocenters. The monoisotopic (exact) mass is 810 g/mol. The SMILES string of the molecule is C=C1C[C@H]2CNc3cc(OCCCCCOc4cc5c(cc4OC)C(=O)N4CC(=C)C[C@H]4[C@H](O)N5C(=O)OC[C@@H](C)SC(C)(S)CC)c(OC)cc3C(=O)N2C1. The Bertz CT molecular complexity index is 1850. The number of aliphatic hydroxyl groups is 1. The fraction of sp³-hybridized carbons (Fsp3) is 0.537. The van der Waals surface area contributed by atoms with Crippen molar-refractivity contribution in [3.8, 4) is 23.0 Å². The lowest BCUT2D eigenvalue weighted by Gasteiger charge is -2.32. The minimum Gasteiger partial charge on any atom is -0.493 e. The molecule has 15 heteroatoms. The fourth-order valence-corrected chi connectivity index (χ4v) is 9.28. The van der Waals surface area contributed by atoms with Gasteiger partial charge in [0.2, 0.25) is 0 Å². The standard InChI is InChI=1S/C41H54N4O9S2/c1-8-41(5,55)56-26(4)23-54-40(49)45-31-19-36(34(51-7)17-29(31)38(47)44-22-25(3)15-32(44)39(45)48)53-13-11-9-10-12-52-35-18-30-28(16-33(35)50-6)37(46)43-21-24(2)14-27(43)20-42-30/h16-19,26-27,32,39,42,48,55H,2-3,8-15,20-23H2,1,4-7H3/t26-,27+,32+,39+,41?/m1/s1. The molecule has 304 valence electrons. The summed E-state index contributed by atoms with van der Waals surface area (Å²) in [7, 11) is 3.05. The highest BCUT2D eigenvalue weighted by atomic mass is 32.2. The molecule has 2 N–H and O–H groups in total. The van der Waals surface area contributed by atoms with Gasteiger partial charge in [0, 0.05) is 37.0 Å². The molecule has 0 aromatic heterocycles. The van der Waals surface area contributed by atoms with Gasteiger partial charge >= 0.3 is 6.09 Å². The highest BCUT2D eigenvalue weighted by molar-refractivity contribution is 8.11. The van der Waals surface area contributed by atoms with E-state index in [2.05, 4.69) is 18.5 Å². The number of hydrogen-bond acceptors (Lipinski definition) is 12. The Balaban J connectivity index is 1.09. The number of carbonyl (C=O) groups excluding carboxylic acids is 3. The molecule has 4 aliphatic heterocycles. The summed E-state index contributed by atoms with van der Waals surface area (Å²) in [6.45, 7) is 16.4. The zero-order chi connectivity index (χ0) is 40.3. The molecule has 0 saturated carbocycles. The molecule has 0 bridgehead atoms. The van der Waals surface area contributed by atoms with E-state index in [1.54, 1.807) is 42.0 Å². The number of carbonyl (C=O) groups is 3. The Labute approximate surface area is 339 Å². The Morgan fingerprint density at radius 1 is 0.946 bits per heavy atom. The lowest BCUT2D eigenvalue weighted by atomic mass is 10.1. The maximum Gasteiger partial charge on any atom is 0.416 e. The molecule has 4 aliphatic rings. The number of ether oxygens (including phenoxy) is 5. The van der Waals surface area contributed by atoms with E-state index in [0.717, 1.165) is 47.4 Å². The highest BCUT2D eigenvalue weighted by Gasteiger charge is 2.46. The van der Waals surface area contributed by atoms with Crippen molar-refractivity contribution in [2.45, 2.75) is 86.9 Å². The molecule has 4 heterocycles. The minimum absolute atomic E-state index is 0.0417. The zero-order valence-electron chi connectivity index (χ0n) is 32.9. The van der Waals surface area contributed by atoms with Crippen LogP contribution in [-0.2, 0) is 4.74 Å². The summed E-state index contributed by atoms with van der Waals surface area (Å²) in [6, 6.07) is 6.09. The van der Waals surface area contributed by atoms with Crippen LogP contribution in [0.4, 0.5) is 16.2 Å². The number of fused-ring (bicyclic) bond motifs is 4. The van der Waals surface area contributed by atoms with Gasteiger partial charge in [0.15, 0.2) is 29.2 Å². The van der Waals surface area contributed by atoms with Crippen LogP contribution in [-0.4, -0.2) is 114 Å². The second-order valence-electron chi connectivity index (χ2n) is 15.0. The van der Waals surface area contributed by atoms with Gasteiger partial charge in [-0.1, -0.05) is 31.2 Å². The van der Waals surface area contributed by atoms with Gasteiger partial charge in [-0.25, -0.2) is 9.69 Å². The number of nitrogens with one attached hydrogen (secondary N) is 1. The van der Waals surface area contributed by atoms with Crippen LogP contribution in [0.2, 0.25) is 0 Å². The van der Waals surface area contributed by atoms with Crippen LogP contribution in [0.15, 0.2) is 48.6 Å². The second-order valence-corrected chi connectivity index (χ2v) is 18.3. The number of amides is 3. The fourth-order valence-electron chi connectivity index (χ4n) is 7.58. The van der Waals surface area contributed by atoms with Gasteiger partial charge in [0.25, 0.3) is 11.8 Å². The van der Waals surface area contributed by atoms with Gasteiger partial charge in [-0.3, -0.25) is 9.59 Å². The summed E-state index contributed by atoms with van der Waals surface area (Å²) < 4.78 is 29.0. The molecule has 3 amide bonds. The Morgan fingerprint density at radius 2 is 1.55 bits per heavy atom. The van der Waals surface area contributed by atoms with E-state index in [4.69, 9.17) is 36.3 Å². The highest BCUT2D eigenvalue weighted by Crippen LogP contribution is 2.43. The van der Waals surface area contributed by atoms with E-state index in [9.17, 15) is 19.5 Å². The molecule has 56 heavy (non-hydrogen) atoms. The quantitative estimate of drug-likeness (QED) is 0.0762. The van der Waals surface area contributed by atoms with Crippen molar-refractivity contribution in [2.24, 2.45) is 0 Å². The third kappa shape index (κ3) is 8.84. The Hall–Kier alpha value is -4.21. The largest absolute Gasteiger partial charge is 0.493 e. The van der Waals surface area contributed by atoms with Gasteiger partial charge in [-0.2, -0.15) is 12.6 Å². The van der Waals surface area contributed by atoms with Crippen LogP contribution in [0.25, 0.3) is 0 Å². The average molecular weight is 811 g/mol. The van der Waals surface area contributed by atoms with Gasteiger partial charge in [-0.15, -0.1) is 11.8 Å². The van der Waals surface area contributed by atoms with Gasteiger partial charge in [0.1, 0.15) is 6.61 Å². The van der Waals surface area contributed by atoms with Gasteiger partial charge in [-0.05, 0) is 64.5 Å². The van der Waals surface area contributed by atoms with Crippen LogP contribution >= 0.6 is 24.4 Å². The molecule has 0 spiro atoms. The van der Waals surface area contributed by atoms with Crippen molar-refractivity contribution in [1.82, 2.24) is 9.80 Å². The second kappa shape index (κ2) is 17.5. The number of benzene rings is 2. The number of aliphatic hydroxyl groups excluding tert-OH is 1. The Kier molecular flexibility index (Phi) is 13.0. The molecule has 0 aliphatic carbocycles. The maximum atomic E-state index is 13.9. The van der Waals surface area contributed by atoms with Crippen molar-refractivity contribution in [3.63, 3.8) is 0 Å². The topological polar surface area (TPSA) is 139 Å². The van der Waals surface area contributed by atoms with Crippen LogP contribution in [0.5, 0.6) is 23.0 Å². The van der Waals surface area contributed by atoms with Crippen molar-refractivity contribution in [3.05, 3.63) is 59.7 Å². The summed E-state index contributed by atoms with van der Waals surface area (Å²) in [5.41, 5.74) is 3.49. The molecule has 1 unspecified atom stereocenters. The van der Waals surface area contributed by atoms with Crippen LogP contribution in [0.1, 0.15) is 80.0 Å². The van der Waals surface area contributed by atoms with E-state index in [1.807, 2.05) is 31.7 Å². The number of thioether (sulfide) groups is 1.